The van der Waals surface area contributed by atoms with Crippen molar-refractivity contribution in [1.82, 2.24) is 19.4 Å². The third-order valence-corrected chi connectivity index (χ3v) is 6.06. The van der Waals surface area contributed by atoms with Crippen molar-refractivity contribution in [3.8, 4) is 0 Å². The fraction of sp³-hybridized carbons (Fsp3) is 0.500. The van der Waals surface area contributed by atoms with E-state index in [9.17, 15) is 9.59 Å². The quantitative estimate of drug-likeness (QED) is 0.847. The number of aryl methyl sites for hydroxylation is 2. The fourth-order valence-corrected chi connectivity index (χ4v) is 4.50. The molecule has 4 heterocycles. The highest BCUT2D eigenvalue weighted by molar-refractivity contribution is 7.12. The molecule has 132 valence electrons. The normalized spacial score (nSPS) is 17.7. The first-order valence-corrected chi connectivity index (χ1v) is 9.65. The molecule has 1 saturated heterocycles. The number of amides is 2. The van der Waals surface area contributed by atoms with Crippen molar-refractivity contribution in [2.24, 2.45) is 0 Å². The molecule has 0 saturated carbocycles. The number of thiophene rings is 1. The van der Waals surface area contributed by atoms with Gasteiger partial charge in [-0.05, 0) is 36.8 Å². The van der Waals surface area contributed by atoms with Gasteiger partial charge in [0.25, 0.3) is 5.91 Å². The predicted molar refractivity (Wildman–Crippen MR) is 95.3 cm³/mol. The number of nitrogens with zero attached hydrogens (tertiary/aromatic N) is 4. The van der Waals surface area contributed by atoms with Crippen molar-refractivity contribution >= 4 is 23.2 Å². The van der Waals surface area contributed by atoms with Gasteiger partial charge in [0, 0.05) is 26.1 Å². The lowest BCUT2D eigenvalue weighted by molar-refractivity contribution is -0.128. The van der Waals surface area contributed by atoms with Crippen molar-refractivity contribution in [3.63, 3.8) is 0 Å². The summed E-state index contributed by atoms with van der Waals surface area (Å²) in [6, 6.07) is 1.99. The molecule has 0 aliphatic carbocycles. The summed E-state index contributed by atoms with van der Waals surface area (Å²) >= 11 is 1.51. The first kappa shape index (κ1) is 16.3. The van der Waals surface area contributed by atoms with Crippen LogP contribution < -0.4 is 0 Å². The average Bonchev–Trinajstić information content (AvgIpc) is 3.26. The van der Waals surface area contributed by atoms with Crippen LogP contribution in [-0.2, 0) is 24.4 Å². The summed E-state index contributed by atoms with van der Waals surface area (Å²) in [7, 11) is 0. The van der Waals surface area contributed by atoms with Crippen molar-refractivity contribution in [2.75, 3.05) is 13.1 Å². The molecule has 25 heavy (non-hydrogen) atoms. The Balaban J connectivity index is 1.57. The number of fused-ring (bicyclic) bond motifs is 1. The molecule has 0 atom stereocenters. The second-order valence-corrected chi connectivity index (χ2v) is 7.68. The van der Waals surface area contributed by atoms with E-state index in [1.165, 1.54) is 11.3 Å². The second-order valence-electron chi connectivity index (χ2n) is 6.76. The van der Waals surface area contributed by atoms with Gasteiger partial charge >= 0.3 is 0 Å². The smallest absolute Gasteiger partial charge is 0.264 e. The van der Waals surface area contributed by atoms with Gasteiger partial charge in [-0.3, -0.25) is 9.59 Å². The topological polar surface area (TPSA) is 58.4 Å². The minimum atomic E-state index is 0.102. The van der Waals surface area contributed by atoms with Crippen LogP contribution in [0, 0.1) is 6.92 Å². The highest BCUT2D eigenvalue weighted by Gasteiger charge is 2.27. The number of imidazole rings is 1. The lowest BCUT2D eigenvalue weighted by Gasteiger charge is -2.21. The maximum Gasteiger partial charge on any atom is 0.264 e. The number of likely N-dealkylation sites (tertiary alicyclic amines) is 1. The zero-order valence-corrected chi connectivity index (χ0v) is 15.2. The van der Waals surface area contributed by atoms with Crippen LogP contribution >= 0.6 is 11.3 Å². The van der Waals surface area contributed by atoms with Gasteiger partial charge < -0.3 is 14.4 Å². The largest absolute Gasteiger partial charge is 0.337 e. The number of carbonyl (C=O) groups excluding carboxylic acids is 2. The van der Waals surface area contributed by atoms with Crippen LogP contribution in [0.5, 0.6) is 0 Å². The van der Waals surface area contributed by atoms with E-state index in [4.69, 9.17) is 0 Å². The highest BCUT2D eigenvalue weighted by Crippen LogP contribution is 2.24. The third-order valence-electron chi connectivity index (χ3n) is 5.06. The van der Waals surface area contributed by atoms with Gasteiger partial charge in [-0.15, -0.1) is 11.3 Å². The molecule has 0 aromatic carbocycles. The monoisotopic (exact) mass is 358 g/mol. The molecule has 2 aromatic heterocycles. The predicted octanol–water partition coefficient (Wildman–Crippen LogP) is 2.42. The van der Waals surface area contributed by atoms with E-state index in [2.05, 4.69) is 9.55 Å². The maximum absolute atomic E-state index is 12.9. The minimum absolute atomic E-state index is 0.102. The van der Waals surface area contributed by atoms with Gasteiger partial charge in [-0.1, -0.05) is 0 Å². The second kappa shape index (κ2) is 6.63. The molecule has 2 aliphatic rings. The Hall–Kier alpha value is -2.15. The van der Waals surface area contributed by atoms with E-state index in [1.807, 2.05) is 34.5 Å². The Morgan fingerprint density at radius 3 is 2.88 bits per heavy atom. The zero-order valence-electron chi connectivity index (χ0n) is 14.4. The van der Waals surface area contributed by atoms with Gasteiger partial charge in [-0.2, -0.15) is 0 Å². The standard InChI is InChI=1S/C18H22N4O2S/c1-13-5-9-25-17(13)18(24)21-7-3-8-22-12-19-14(15(22)11-21)10-20-6-2-4-16(20)23/h5,9,12H,2-4,6-8,10-11H2,1H3. The summed E-state index contributed by atoms with van der Waals surface area (Å²) in [5.74, 6) is 0.308. The molecule has 0 radical (unpaired) electrons. The molecular formula is C18H22N4O2S. The first-order chi connectivity index (χ1) is 12.1. The van der Waals surface area contributed by atoms with Crippen molar-refractivity contribution in [3.05, 3.63) is 39.6 Å². The van der Waals surface area contributed by atoms with E-state index in [0.717, 1.165) is 54.3 Å². The molecule has 2 aromatic rings. The maximum atomic E-state index is 12.9. The summed E-state index contributed by atoms with van der Waals surface area (Å²) in [5, 5.41) is 1.97. The van der Waals surface area contributed by atoms with E-state index in [-0.39, 0.29) is 11.8 Å². The van der Waals surface area contributed by atoms with Crippen LogP contribution in [0.2, 0.25) is 0 Å². The number of aromatic nitrogens is 2. The van der Waals surface area contributed by atoms with Gasteiger partial charge in [0.1, 0.15) is 0 Å². The van der Waals surface area contributed by atoms with Crippen LogP contribution in [0.4, 0.5) is 0 Å². The van der Waals surface area contributed by atoms with Gasteiger partial charge in [0.15, 0.2) is 0 Å². The molecule has 7 heteroatoms. The van der Waals surface area contributed by atoms with E-state index in [0.29, 0.717) is 19.5 Å². The number of hydrogen-bond donors (Lipinski definition) is 0. The van der Waals surface area contributed by atoms with Crippen molar-refractivity contribution < 1.29 is 9.59 Å². The molecular weight excluding hydrogens is 336 g/mol. The van der Waals surface area contributed by atoms with Crippen LogP contribution in [-0.4, -0.2) is 44.3 Å². The molecule has 0 spiro atoms. The molecule has 0 bridgehead atoms. The Bertz CT molecular complexity index is 810. The molecule has 4 rings (SSSR count). The van der Waals surface area contributed by atoms with Crippen molar-refractivity contribution in [1.29, 1.82) is 0 Å². The van der Waals surface area contributed by atoms with Crippen molar-refractivity contribution in [2.45, 2.75) is 45.8 Å². The molecule has 2 aliphatic heterocycles. The summed E-state index contributed by atoms with van der Waals surface area (Å²) in [6.45, 7) is 5.52. The number of carbonyl (C=O) groups is 2. The molecule has 2 amide bonds. The summed E-state index contributed by atoms with van der Waals surface area (Å²) in [6.07, 6.45) is 4.34. The first-order valence-electron chi connectivity index (χ1n) is 8.77. The average molecular weight is 358 g/mol. The lowest BCUT2D eigenvalue weighted by atomic mass is 10.2. The van der Waals surface area contributed by atoms with Crippen LogP contribution in [0.1, 0.15) is 45.9 Å². The fourth-order valence-electron chi connectivity index (χ4n) is 3.61. The Morgan fingerprint density at radius 1 is 1.28 bits per heavy atom. The Kier molecular flexibility index (Phi) is 4.33. The van der Waals surface area contributed by atoms with Crippen LogP contribution in [0.3, 0.4) is 0 Å². The van der Waals surface area contributed by atoms with E-state index >= 15 is 0 Å². The van der Waals surface area contributed by atoms with Gasteiger partial charge in [0.05, 0.1) is 35.7 Å². The van der Waals surface area contributed by atoms with Crippen LogP contribution in [0.25, 0.3) is 0 Å². The summed E-state index contributed by atoms with van der Waals surface area (Å²) < 4.78 is 2.14. The Morgan fingerprint density at radius 2 is 2.16 bits per heavy atom. The number of rotatable bonds is 3. The zero-order chi connectivity index (χ0) is 17.4. The van der Waals surface area contributed by atoms with Crippen LogP contribution in [0.15, 0.2) is 17.8 Å². The summed E-state index contributed by atoms with van der Waals surface area (Å²) in [4.78, 5) is 34.0. The number of hydrogen-bond acceptors (Lipinski definition) is 4. The highest BCUT2D eigenvalue weighted by atomic mass is 32.1. The summed E-state index contributed by atoms with van der Waals surface area (Å²) in [5.41, 5.74) is 3.04. The Labute approximate surface area is 151 Å². The molecule has 6 nitrogen and oxygen atoms in total. The minimum Gasteiger partial charge on any atom is -0.337 e. The molecule has 0 unspecified atom stereocenters. The van der Waals surface area contributed by atoms with E-state index < -0.39 is 0 Å². The molecule has 1 fully saturated rings. The SMILES string of the molecule is Cc1ccsc1C(=O)N1CCCn2cnc(CN3CCCC3=O)c2C1. The third kappa shape index (κ3) is 3.08. The van der Waals surface area contributed by atoms with Gasteiger partial charge in [-0.25, -0.2) is 4.98 Å². The van der Waals surface area contributed by atoms with Gasteiger partial charge in [0.2, 0.25) is 5.91 Å². The lowest BCUT2D eigenvalue weighted by Crippen LogP contribution is -2.31. The molecule has 0 N–H and O–H groups in total. The van der Waals surface area contributed by atoms with E-state index in [1.54, 1.807) is 0 Å².